The van der Waals surface area contributed by atoms with Crippen LogP contribution in [0.25, 0.3) is 0 Å². The van der Waals surface area contributed by atoms with Crippen molar-refractivity contribution < 1.29 is 4.74 Å². The molecule has 2 unspecified atom stereocenters. The molecule has 0 saturated carbocycles. The van der Waals surface area contributed by atoms with Gasteiger partial charge in [-0.1, -0.05) is 31.2 Å². The molecule has 0 bridgehead atoms. The number of nitrogens with zero attached hydrogens (tertiary/aromatic N) is 1. The molecule has 0 aromatic heterocycles. The number of ether oxygens (including phenoxy) is 1. The topological polar surface area (TPSA) is 38.5 Å². The first-order valence-electron chi connectivity index (χ1n) is 6.84. The number of nitrogens with two attached hydrogens (primary N) is 1. The van der Waals surface area contributed by atoms with Gasteiger partial charge in [0.1, 0.15) is 0 Å². The van der Waals surface area contributed by atoms with Gasteiger partial charge in [-0.25, -0.2) is 0 Å². The molecule has 100 valence electrons. The zero-order chi connectivity index (χ0) is 13.0. The smallest absolute Gasteiger partial charge is 0.0716 e. The van der Waals surface area contributed by atoms with Crippen LogP contribution in [0.2, 0.25) is 0 Å². The van der Waals surface area contributed by atoms with Gasteiger partial charge < -0.3 is 10.5 Å². The van der Waals surface area contributed by atoms with Gasteiger partial charge in [-0.2, -0.15) is 0 Å². The Bertz CT molecular complexity index is 379. The molecule has 1 fully saturated rings. The Balaban J connectivity index is 2.27. The molecular weight excluding hydrogens is 224 g/mol. The molecule has 2 rings (SSSR count). The van der Waals surface area contributed by atoms with Crippen molar-refractivity contribution >= 4 is 0 Å². The van der Waals surface area contributed by atoms with E-state index in [9.17, 15) is 0 Å². The number of rotatable bonds is 5. The molecule has 18 heavy (non-hydrogen) atoms. The Kier molecular flexibility index (Phi) is 4.75. The van der Waals surface area contributed by atoms with Crippen LogP contribution in [0, 0.1) is 0 Å². The number of likely N-dealkylation sites (tertiary alicyclic amines) is 1. The third kappa shape index (κ3) is 2.74. The second-order valence-electron chi connectivity index (χ2n) is 5.07. The normalized spacial score (nSPS) is 24.6. The van der Waals surface area contributed by atoms with Crippen LogP contribution < -0.4 is 5.73 Å². The minimum absolute atomic E-state index is 0.245. The summed E-state index contributed by atoms with van der Waals surface area (Å²) in [6, 6.07) is 9.12. The van der Waals surface area contributed by atoms with Crippen molar-refractivity contribution in [2.45, 2.75) is 38.5 Å². The summed E-state index contributed by atoms with van der Waals surface area (Å²) < 4.78 is 5.30. The molecule has 1 aliphatic rings. The highest BCUT2D eigenvalue weighted by atomic mass is 16.5. The fourth-order valence-corrected chi connectivity index (χ4v) is 2.96. The van der Waals surface area contributed by atoms with Gasteiger partial charge in [-0.15, -0.1) is 0 Å². The predicted molar refractivity (Wildman–Crippen MR) is 74.4 cm³/mol. The zero-order valence-electron chi connectivity index (χ0n) is 11.4. The number of methoxy groups -OCH3 is 1. The van der Waals surface area contributed by atoms with Crippen molar-refractivity contribution in [3.05, 3.63) is 35.4 Å². The van der Waals surface area contributed by atoms with Crippen molar-refractivity contribution in [2.24, 2.45) is 5.73 Å². The average molecular weight is 248 g/mol. The van der Waals surface area contributed by atoms with Gasteiger partial charge in [0, 0.05) is 19.7 Å². The highest BCUT2D eigenvalue weighted by molar-refractivity contribution is 5.31. The van der Waals surface area contributed by atoms with Crippen molar-refractivity contribution in [3.8, 4) is 0 Å². The van der Waals surface area contributed by atoms with Crippen LogP contribution >= 0.6 is 0 Å². The Morgan fingerprint density at radius 2 is 2.17 bits per heavy atom. The maximum atomic E-state index is 6.31. The van der Waals surface area contributed by atoms with Crippen LogP contribution in [0.4, 0.5) is 0 Å². The van der Waals surface area contributed by atoms with Gasteiger partial charge in [0.25, 0.3) is 0 Å². The first-order valence-corrected chi connectivity index (χ1v) is 6.84. The SMILES string of the molecule is CCCN1CCC(N)C1c1ccccc1COC. The molecule has 2 atom stereocenters. The highest BCUT2D eigenvalue weighted by Crippen LogP contribution is 2.33. The summed E-state index contributed by atoms with van der Waals surface area (Å²) in [5, 5.41) is 0. The van der Waals surface area contributed by atoms with Gasteiger partial charge >= 0.3 is 0 Å². The molecule has 3 heteroatoms. The molecule has 1 saturated heterocycles. The minimum atomic E-state index is 0.245. The molecule has 1 aliphatic heterocycles. The molecular formula is C15H24N2O. The molecule has 0 amide bonds. The molecule has 0 aliphatic carbocycles. The lowest BCUT2D eigenvalue weighted by Crippen LogP contribution is -2.33. The number of benzene rings is 1. The van der Waals surface area contributed by atoms with Crippen molar-refractivity contribution in [3.63, 3.8) is 0 Å². The number of hydrogen-bond donors (Lipinski definition) is 1. The third-order valence-electron chi connectivity index (χ3n) is 3.73. The summed E-state index contributed by atoms with van der Waals surface area (Å²) in [4.78, 5) is 2.51. The molecule has 2 N–H and O–H groups in total. The Morgan fingerprint density at radius 3 is 2.89 bits per heavy atom. The van der Waals surface area contributed by atoms with Crippen molar-refractivity contribution in [1.29, 1.82) is 0 Å². The lowest BCUT2D eigenvalue weighted by Gasteiger charge is -2.28. The Labute approximate surface area is 110 Å². The Hall–Kier alpha value is -0.900. The van der Waals surface area contributed by atoms with E-state index in [1.165, 1.54) is 17.5 Å². The van der Waals surface area contributed by atoms with Crippen LogP contribution in [0.3, 0.4) is 0 Å². The average Bonchev–Trinajstić information content (AvgIpc) is 2.73. The van der Waals surface area contributed by atoms with Gasteiger partial charge in [0.15, 0.2) is 0 Å². The minimum Gasteiger partial charge on any atom is -0.380 e. The molecule has 1 aromatic rings. The molecule has 1 heterocycles. The van der Waals surface area contributed by atoms with E-state index < -0.39 is 0 Å². The van der Waals surface area contributed by atoms with Crippen molar-refractivity contribution in [2.75, 3.05) is 20.2 Å². The lowest BCUT2D eigenvalue weighted by molar-refractivity contribution is 0.180. The maximum Gasteiger partial charge on any atom is 0.0716 e. The zero-order valence-corrected chi connectivity index (χ0v) is 11.4. The van der Waals surface area contributed by atoms with Crippen LogP contribution in [-0.4, -0.2) is 31.1 Å². The van der Waals surface area contributed by atoms with Gasteiger partial charge in [-0.05, 0) is 30.5 Å². The fraction of sp³-hybridized carbons (Fsp3) is 0.600. The monoisotopic (exact) mass is 248 g/mol. The van der Waals surface area contributed by atoms with Crippen LogP contribution in [0.15, 0.2) is 24.3 Å². The van der Waals surface area contributed by atoms with E-state index >= 15 is 0 Å². The third-order valence-corrected chi connectivity index (χ3v) is 3.73. The molecule has 0 radical (unpaired) electrons. The van der Waals surface area contributed by atoms with E-state index in [0.29, 0.717) is 12.6 Å². The van der Waals surface area contributed by atoms with Gasteiger partial charge in [0.2, 0.25) is 0 Å². The highest BCUT2D eigenvalue weighted by Gasteiger charge is 2.33. The van der Waals surface area contributed by atoms with Crippen LogP contribution in [0.1, 0.15) is 36.9 Å². The summed E-state index contributed by atoms with van der Waals surface area (Å²) in [6.07, 6.45) is 2.27. The quantitative estimate of drug-likeness (QED) is 0.869. The van der Waals surface area contributed by atoms with E-state index in [2.05, 4.69) is 36.1 Å². The fourth-order valence-electron chi connectivity index (χ4n) is 2.96. The lowest BCUT2D eigenvalue weighted by atomic mass is 9.96. The van der Waals surface area contributed by atoms with E-state index in [-0.39, 0.29) is 6.04 Å². The second-order valence-corrected chi connectivity index (χ2v) is 5.07. The molecule has 3 nitrogen and oxygen atoms in total. The predicted octanol–water partition coefficient (Wildman–Crippen LogP) is 2.32. The Morgan fingerprint density at radius 1 is 1.39 bits per heavy atom. The van der Waals surface area contributed by atoms with Crippen molar-refractivity contribution in [1.82, 2.24) is 4.90 Å². The van der Waals surface area contributed by atoms with E-state index in [0.717, 1.165) is 19.5 Å². The van der Waals surface area contributed by atoms with Gasteiger partial charge in [-0.3, -0.25) is 4.90 Å². The first kappa shape index (κ1) is 13.5. The summed E-state index contributed by atoms with van der Waals surface area (Å²) in [5.74, 6) is 0. The first-order chi connectivity index (χ1) is 8.77. The summed E-state index contributed by atoms with van der Waals surface area (Å²) in [6.45, 7) is 5.13. The summed E-state index contributed by atoms with van der Waals surface area (Å²) in [5.41, 5.74) is 8.93. The summed E-state index contributed by atoms with van der Waals surface area (Å²) >= 11 is 0. The maximum absolute atomic E-state index is 6.31. The number of hydrogen-bond acceptors (Lipinski definition) is 3. The second kappa shape index (κ2) is 6.32. The van der Waals surface area contributed by atoms with E-state index in [1.54, 1.807) is 7.11 Å². The standard InChI is InChI=1S/C15H24N2O/c1-3-9-17-10-8-14(16)15(17)13-7-5-4-6-12(13)11-18-2/h4-7,14-15H,3,8-11,16H2,1-2H3. The van der Waals surface area contributed by atoms with Crippen LogP contribution in [0.5, 0.6) is 0 Å². The molecule has 0 spiro atoms. The summed E-state index contributed by atoms with van der Waals surface area (Å²) in [7, 11) is 1.75. The van der Waals surface area contributed by atoms with Gasteiger partial charge in [0.05, 0.1) is 12.6 Å². The largest absolute Gasteiger partial charge is 0.380 e. The van der Waals surface area contributed by atoms with E-state index in [1.807, 2.05) is 0 Å². The van der Waals surface area contributed by atoms with E-state index in [4.69, 9.17) is 10.5 Å². The molecule has 1 aromatic carbocycles. The van der Waals surface area contributed by atoms with Crippen LogP contribution in [-0.2, 0) is 11.3 Å².